The Morgan fingerprint density at radius 1 is 0.377 bits per heavy atom. The fourth-order valence-electron chi connectivity index (χ4n) is 10.2. The standard InChI is InChI=1S/C59H41NO/c1-59(2)53-25-9-7-19-48(53)51-24-12-22-46(57(51)59)41-30-35-43(36-31-41)60(42-33-28-40(29-34-42)45-21-11-16-38-14-3-5-17-44(38)45)54-26-10-8-20-49(54)50-23-13-27-55-56(50)52-37-32-39-15-4-6-18-47(39)58(52)61-55/h3-37H,1-2H3. The molecule has 2 nitrogen and oxygen atoms in total. The first kappa shape index (κ1) is 35.3. The van der Waals surface area contributed by atoms with Crippen LogP contribution in [-0.2, 0) is 5.41 Å². The van der Waals surface area contributed by atoms with Gasteiger partial charge in [-0.25, -0.2) is 0 Å². The second-order valence-corrected chi connectivity index (χ2v) is 16.8. The van der Waals surface area contributed by atoms with Gasteiger partial charge in [-0.1, -0.05) is 184 Å². The third kappa shape index (κ3) is 5.49. The number of furan rings is 1. The summed E-state index contributed by atoms with van der Waals surface area (Å²) in [4.78, 5) is 2.41. The van der Waals surface area contributed by atoms with Crippen LogP contribution in [-0.4, -0.2) is 0 Å². The van der Waals surface area contributed by atoms with Crippen LogP contribution in [0.4, 0.5) is 17.1 Å². The molecule has 0 atom stereocenters. The van der Waals surface area contributed by atoms with Crippen LogP contribution in [0, 0.1) is 0 Å². The van der Waals surface area contributed by atoms with Gasteiger partial charge in [0.15, 0.2) is 0 Å². The van der Waals surface area contributed by atoms with Crippen molar-refractivity contribution < 1.29 is 4.42 Å². The summed E-state index contributed by atoms with van der Waals surface area (Å²) in [6.45, 7) is 4.73. The molecule has 0 spiro atoms. The number of anilines is 3. The van der Waals surface area contributed by atoms with Gasteiger partial charge >= 0.3 is 0 Å². The van der Waals surface area contributed by atoms with Crippen molar-refractivity contribution in [1.82, 2.24) is 0 Å². The van der Waals surface area contributed by atoms with Gasteiger partial charge in [0, 0.05) is 38.5 Å². The van der Waals surface area contributed by atoms with Gasteiger partial charge in [0.05, 0.1) is 5.69 Å². The first-order chi connectivity index (χ1) is 30.0. The Labute approximate surface area is 355 Å². The summed E-state index contributed by atoms with van der Waals surface area (Å²) in [6.07, 6.45) is 0. The van der Waals surface area contributed by atoms with Crippen molar-refractivity contribution in [2.45, 2.75) is 19.3 Å². The predicted octanol–water partition coefficient (Wildman–Crippen LogP) is 16.7. The molecule has 0 fully saturated rings. The van der Waals surface area contributed by atoms with E-state index in [1.54, 1.807) is 0 Å². The molecule has 11 aromatic rings. The monoisotopic (exact) mass is 779 g/mol. The first-order valence-electron chi connectivity index (χ1n) is 21.2. The molecule has 1 aromatic heterocycles. The Bertz CT molecular complexity index is 3490. The van der Waals surface area contributed by atoms with Gasteiger partial charge < -0.3 is 9.32 Å². The molecule has 0 saturated heterocycles. The van der Waals surface area contributed by atoms with E-state index in [1.165, 1.54) is 60.7 Å². The lowest BCUT2D eigenvalue weighted by Gasteiger charge is -2.29. The van der Waals surface area contributed by atoms with Crippen LogP contribution in [0.2, 0.25) is 0 Å². The lowest BCUT2D eigenvalue weighted by atomic mass is 9.79. The molecule has 2 heteroatoms. The van der Waals surface area contributed by atoms with Gasteiger partial charge in [-0.2, -0.15) is 0 Å². The van der Waals surface area contributed by atoms with Gasteiger partial charge in [-0.3, -0.25) is 0 Å². The summed E-state index contributed by atoms with van der Waals surface area (Å²) in [6, 6.07) is 77.3. The van der Waals surface area contributed by atoms with E-state index in [0.29, 0.717) is 0 Å². The molecule has 12 rings (SSSR count). The maximum atomic E-state index is 6.69. The molecule has 288 valence electrons. The van der Waals surface area contributed by atoms with Gasteiger partial charge in [-0.15, -0.1) is 0 Å². The highest BCUT2D eigenvalue weighted by Gasteiger charge is 2.37. The Hall–Kier alpha value is -7.68. The lowest BCUT2D eigenvalue weighted by molar-refractivity contribution is 0.662. The summed E-state index contributed by atoms with van der Waals surface area (Å²) in [7, 11) is 0. The van der Waals surface area contributed by atoms with Crippen LogP contribution in [0.5, 0.6) is 0 Å². The van der Waals surface area contributed by atoms with Crippen LogP contribution in [0.25, 0.3) is 88.0 Å². The molecule has 0 radical (unpaired) electrons. The molecule has 1 aliphatic carbocycles. The molecule has 0 bridgehead atoms. The number of rotatable bonds is 6. The SMILES string of the molecule is CC1(C)c2ccccc2-c2cccc(-c3ccc(N(c4ccc(-c5cccc6ccccc56)cc4)c4ccccc4-c4cccc5oc6c7ccccc7ccc6c45)cc3)c21. The van der Waals surface area contributed by atoms with E-state index in [4.69, 9.17) is 4.42 Å². The van der Waals surface area contributed by atoms with Gasteiger partial charge in [0.1, 0.15) is 11.2 Å². The molecule has 1 heterocycles. The molecule has 0 amide bonds. The average molecular weight is 780 g/mol. The highest BCUT2D eigenvalue weighted by molar-refractivity contribution is 6.19. The van der Waals surface area contributed by atoms with E-state index in [-0.39, 0.29) is 5.41 Å². The Morgan fingerprint density at radius 3 is 1.70 bits per heavy atom. The minimum absolute atomic E-state index is 0.109. The minimum Gasteiger partial charge on any atom is -0.455 e. The van der Waals surface area contributed by atoms with E-state index >= 15 is 0 Å². The summed E-state index contributed by atoms with van der Waals surface area (Å²) >= 11 is 0. The van der Waals surface area contributed by atoms with E-state index in [1.807, 2.05) is 0 Å². The zero-order valence-corrected chi connectivity index (χ0v) is 34.1. The maximum absolute atomic E-state index is 6.69. The lowest BCUT2D eigenvalue weighted by Crippen LogP contribution is -2.16. The smallest absolute Gasteiger partial charge is 0.143 e. The summed E-state index contributed by atoms with van der Waals surface area (Å²) in [5.74, 6) is 0. The van der Waals surface area contributed by atoms with Gasteiger partial charge in [0.25, 0.3) is 0 Å². The Balaban J connectivity index is 1.03. The molecular formula is C59H41NO. The molecular weight excluding hydrogens is 739 g/mol. The zero-order valence-electron chi connectivity index (χ0n) is 34.1. The molecule has 1 aliphatic rings. The highest BCUT2D eigenvalue weighted by atomic mass is 16.3. The Kier molecular flexibility index (Phi) is 7.92. The number of hydrogen-bond donors (Lipinski definition) is 0. The fraction of sp³-hybridized carbons (Fsp3) is 0.0508. The topological polar surface area (TPSA) is 16.4 Å². The van der Waals surface area contributed by atoms with Gasteiger partial charge in [-0.05, 0) is 109 Å². The van der Waals surface area contributed by atoms with Crippen molar-refractivity contribution in [2.24, 2.45) is 0 Å². The van der Waals surface area contributed by atoms with Crippen LogP contribution >= 0.6 is 0 Å². The maximum Gasteiger partial charge on any atom is 0.143 e. The first-order valence-corrected chi connectivity index (χ1v) is 21.2. The van der Waals surface area contributed by atoms with Crippen molar-refractivity contribution >= 4 is 60.5 Å². The molecule has 0 unspecified atom stereocenters. The van der Waals surface area contributed by atoms with Crippen LogP contribution in [0.15, 0.2) is 217 Å². The van der Waals surface area contributed by atoms with Crippen molar-refractivity contribution in [2.75, 3.05) is 4.90 Å². The van der Waals surface area contributed by atoms with Crippen LogP contribution < -0.4 is 4.90 Å². The quantitative estimate of drug-likeness (QED) is 0.167. The van der Waals surface area contributed by atoms with E-state index in [2.05, 4.69) is 231 Å². The number of nitrogens with zero attached hydrogens (tertiary/aromatic N) is 1. The largest absolute Gasteiger partial charge is 0.455 e. The third-order valence-corrected chi connectivity index (χ3v) is 13.1. The second-order valence-electron chi connectivity index (χ2n) is 16.8. The number of para-hydroxylation sites is 1. The predicted molar refractivity (Wildman–Crippen MR) is 257 cm³/mol. The van der Waals surface area contributed by atoms with Gasteiger partial charge in [0.2, 0.25) is 0 Å². The van der Waals surface area contributed by atoms with Crippen molar-refractivity contribution in [3.8, 4) is 44.5 Å². The second kappa shape index (κ2) is 13.7. The molecule has 0 aliphatic heterocycles. The summed E-state index contributed by atoms with van der Waals surface area (Å²) in [5, 5.41) is 7.03. The number of hydrogen-bond acceptors (Lipinski definition) is 2. The molecule has 0 saturated carbocycles. The van der Waals surface area contributed by atoms with Crippen LogP contribution in [0.1, 0.15) is 25.0 Å². The average Bonchev–Trinajstić information content (AvgIpc) is 3.82. The molecule has 10 aromatic carbocycles. The summed E-state index contributed by atoms with van der Waals surface area (Å²) < 4.78 is 6.69. The van der Waals surface area contributed by atoms with Crippen LogP contribution in [0.3, 0.4) is 0 Å². The third-order valence-electron chi connectivity index (χ3n) is 13.1. The summed E-state index contributed by atoms with van der Waals surface area (Å²) in [5.41, 5.74) is 17.6. The van der Waals surface area contributed by atoms with Crippen molar-refractivity contribution in [3.05, 3.63) is 223 Å². The number of benzene rings is 10. The van der Waals surface area contributed by atoms with E-state index in [0.717, 1.165) is 55.5 Å². The molecule has 61 heavy (non-hydrogen) atoms. The van der Waals surface area contributed by atoms with E-state index < -0.39 is 0 Å². The molecule has 0 N–H and O–H groups in total. The fourth-order valence-corrected chi connectivity index (χ4v) is 10.2. The number of fused-ring (bicyclic) bond motifs is 9. The van der Waals surface area contributed by atoms with Crippen molar-refractivity contribution in [3.63, 3.8) is 0 Å². The van der Waals surface area contributed by atoms with E-state index in [9.17, 15) is 0 Å². The minimum atomic E-state index is -0.109. The normalized spacial score (nSPS) is 12.9. The Morgan fingerprint density at radius 2 is 0.918 bits per heavy atom. The highest BCUT2D eigenvalue weighted by Crippen LogP contribution is 2.52. The zero-order chi connectivity index (χ0) is 40.7. The van der Waals surface area contributed by atoms with Crippen molar-refractivity contribution in [1.29, 1.82) is 0 Å².